The van der Waals surface area contributed by atoms with Gasteiger partial charge < -0.3 is 4.57 Å². The van der Waals surface area contributed by atoms with Crippen LogP contribution < -0.4 is 0 Å². The van der Waals surface area contributed by atoms with Gasteiger partial charge in [-0.05, 0) is 14.1 Å². The standard InChI is InChI=1S/C10H16F9NSi/c1-20(2)21(3,4)8(15)10(18,19)9(16,17)6(12)5(11)7(13)14/h5-8H,1-4H3. The van der Waals surface area contributed by atoms with Crippen LogP contribution in [-0.4, -0.2) is 63.3 Å². The van der Waals surface area contributed by atoms with E-state index in [1.54, 1.807) is 0 Å². The Labute approximate surface area is 117 Å². The number of nitrogens with zero attached hydrogens (tertiary/aromatic N) is 1. The second kappa shape index (κ2) is 6.35. The van der Waals surface area contributed by atoms with E-state index in [0.717, 1.165) is 31.8 Å². The molecule has 0 bridgehead atoms. The number of hydrogen-bond donors (Lipinski definition) is 0. The third-order valence-corrected chi connectivity index (χ3v) is 7.31. The number of alkyl halides is 9. The van der Waals surface area contributed by atoms with E-state index in [-0.39, 0.29) is 0 Å². The molecule has 0 radical (unpaired) electrons. The lowest BCUT2D eigenvalue weighted by Crippen LogP contribution is -2.66. The zero-order valence-electron chi connectivity index (χ0n) is 11.7. The SMILES string of the molecule is CN(C)[Si](C)(C)C(F)C(F)(F)C(F)(F)C(F)C(F)C(F)F. The molecule has 0 fully saturated rings. The summed E-state index contributed by atoms with van der Waals surface area (Å²) in [7, 11) is -1.45. The second-order valence-corrected chi connectivity index (χ2v) is 10.0. The molecule has 0 aromatic carbocycles. The van der Waals surface area contributed by atoms with Gasteiger partial charge in [0.25, 0.3) is 6.43 Å². The summed E-state index contributed by atoms with van der Waals surface area (Å²) in [6, 6.07) is 0. The summed E-state index contributed by atoms with van der Waals surface area (Å²) in [4.78, 5) is 0. The minimum Gasteiger partial charge on any atom is -0.327 e. The quantitative estimate of drug-likeness (QED) is 0.499. The van der Waals surface area contributed by atoms with Crippen LogP contribution in [0, 0.1) is 0 Å². The topological polar surface area (TPSA) is 3.24 Å². The first-order valence-electron chi connectivity index (χ1n) is 5.75. The molecule has 0 rings (SSSR count). The van der Waals surface area contributed by atoms with Gasteiger partial charge in [-0.2, -0.15) is 17.6 Å². The molecule has 0 aliphatic carbocycles. The first-order valence-corrected chi connectivity index (χ1v) is 8.77. The zero-order chi connectivity index (χ0) is 17.4. The van der Waals surface area contributed by atoms with Crippen molar-refractivity contribution >= 4 is 8.24 Å². The van der Waals surface area contributed by atoms with E-state index in [1.165, 1.54) is 0 Å². The Kier molecular flexibility index (Phi) is 6.21. The average molecular weight is 349 g/mol. The Balaban J connectivity index is 5.56. The van der Waals surface area contributed by atoms with Crippen LogP contribution in [0.2, 0.25) is 13.1 Å². The zero-order valence-corrected chi connectivity index (χ0v) is 12.7. The lowest BCUT2D eigenvalue weighted by atomic mass is 10.0. The van der Waals surface area contributed by atoms with Gasteiger partial charge in [-0.15, -0.1) is 0 Å². The fourth-order valence-electron chi connectivity index (χ4n) is 1.35. The predicted octanol–water partition coefficient (Wildman–Crippen LogP) is 3.84. The molecule has 0 aliphatic heterocycles. The van der Waals surface area contributed by atoms with Gasteiger partial charge in [0.15, 0.2) is 20.2 Å². The van der Waals surface area contributed by atoms with Crippen LogP contribution in [0.3, 0.4) is 0 Å². The minimum atomic E-state index is -5.90. The lowest BCUT2D eigenvalue weighted by Gasteiger charge is -2.40. The van der Waals surface area contributed by atoms with Gasteiger partial charge in [-0.25, -0.2) is 22.0 Å². The third kappa shape index (κ3) is 3.66. The molecule has 1 nitrogen and oxygen atoms in total. The summed E-state index contributed by atoms with van der Waals surface area (Å²) < 4.78 is 118. The Bertz CT molecular complexity index is 347. The average Bonchev–Trinajstić information content (AvgIpc) is 2.34. The lowest BCUT2D eigenvalue weighted by molar-refractivity contribution is -0.267. The first kappa shape index (κ1) is 20.5. The molecule has 0 saturated carbocycles. The molecule has 21 heavy (non-hydrogen) atoms. The fourth-order valence-corrected chi connectivity index (χ4v) is 2.88. The van der Waals surface area contributed by atoms with Gasteiger partial charge >= 0.3 is 11.8 Å². The Morgan fingerprint density at radius 2 is 1.19 bits per heavy atom. The van der Waals surface area contributed by atoms with Crippen LogP contribution in [0.1, 0.15) is 0 Å². The minimum absolute atomic E-state index is 0.967. The van der Waals surface area contributed by atoms with Gasteiger partial charge in [0, 0.05) is 0 Å². The monoisotopic (exact) mass is 349 g/mol. The fraction of sp³-hybridized carbons (Fsp3) is 1.00. The van der Waals surface area contributed by atoms with E-state index in [4.69, 9.17) is 0 Å². The second-order valence-electron chi connectivity index (χ2n) is 5.34. The largest absolute Gasteiger partial charge is 0.346 e. The van der Waals surface area contributed by atoms with Crippen LogP contribution >= 0.6 is 0 Å². The van der Waals surface area contributed by atoms with E-state index in [2.05, 4.69) is 0 Å². The molecule has 0 amide bonds. The summed E-state index contributed by atoms with van der Waals surface area (Å²) in [5.74, 6) is -15.0. The van der Waals surface area contributed by atoms with Crippen molar-refractivity contribution in [1.82, 2.24) is 4.57 Å². The van der Waals surface area contributed by atoms with Crippen molar-refractivity contribution in [1.29, 1.82) is 0 Å². The van der Waals surface area contributed by atoms with Gasteiger partial charge in [0.1, 0.15) is 0 Å². The van der Waals surface area contributed by atoms with E-state index in [1.807, 2.05) is 0 Å². The highest BCUT2D eigenvalue weighted by Gasteiger charge is 2.71. The molecular weight excluding hydrogens is 333 g/mol. The molecular formula is C10H16F9NSi. The Morgan fingerprint density at radius 3 is 1.48 bits per heavy atom. The maximum Gasteiger partial charge on any atom is 0.346 e. The number of hydrogen-bond acceptors (Lipinski definition) is 1. The maximum atomic E-state index is 13.8. The van der Waals surface area contributed by atoms with E-state index in [0.29, 0.717) is 0 Å². The Morgan fingerprint density at radius 1 is 0.810 bits per heavy atom. The van der Waals surface area contributed by atoms with E-state index < -0.39 is 44.6 Å². The molecule has 0 spiro atoms. The normalized spacial score (nSPS) is 19.0. The van der Waals surface area contributed by atoms with Crippen molar-refractivity contribution < 1.29 is 39.5 Å². The smallest absolute Gasteiger partial charge is 0.327 e. The molecule has 11 heteroatoms. The van der Waals surface area contributed by atoms with Gasteiger partial charge in [0.05, 0.1) is 0 Å². The molecule has 0 aliphatic rings. The van der Waals surface area contributed by atoms with E-state index >= 15 is 0 Å². The predicted molar refractivity (Wildman–Crippen MR) is 61.8 cm³/mol. The van der Waals surface area contributed by atoms with Crippen LogP contribution in [0.4, 0.5) is 39.5 Å². The first-order chi connectivity index (χ1) is 9.11. The van der Waals surface area contributed by atoms with E-state index in [9.17, 15) is 39.5 Å². The highest BCUT2D eigenvalue weighted by Crippen LogP contribution is 2.46. The molecule has 0 aromatic rings. The molecule has 0 saturated heterocycles. The van der Waals surface area contributed by atoms with Crippen LogP contribution in [0.5, 0.6) is 0 Å². The molecule has 128 valence electrons. The molecule has 0 N–H and O–H groups in total. The summed E-state index contributed by atoms with van der Waals surface area (Å²) in [5, 5.41) is 0. The molecule has 0 aromatic heterocycles. The van der Waals surface area contributed by atoms with Crippen molar-refractivity contribution in [2.75, 3.05) is 14.1 Å². The summed E-state index contributed by atoms with van der Waals surface area (Å²) in [5.41, 5.74) is 0. The molecule has 0 heterocycles. The van der Waals surface area contributed by atoms with Crippen molar-refractivity contribution in [3.8, 4) is 0 Å². The van der Waals surface area contributed by atoms with Crippen molar-refractivity contribution in [3.05, 3.63) is 0 Å². The summed E-state index contributed by atoms with van der Waals surface area (Å²) in [6.45, 7) is 1.93. The third-order valence-electron chi connectivity index (χ3n) is 3.40. The molecule has 3 atom stereocenters. The number of halogens is 9. The van der Waals surface area contributed by atoms with Crippen molar-refractivity contribution in [3.63, 3.8) is 0 Å². The highest BCUT2D eigenvalue weighted by atomic mass is 28.3. The van der Waals surface area contributed by atoms with Crippen LogP contribution in [-0.2, 0) is 0 Å². The van der Waals surface area contributed by atoms with Gasteiger partial charge in [-0.3, -0.25) is 0 Å². The number of rotatable bonds is 7. The highest BCUT2D eigenvalue weighted by molar-refractivity contribution is 6.76. The van der Waals surface area contributed by atoms with Crippen LogP contribution in [0.15, 0.2) is 0 Å². The van der Waals surface area contributed by atoms with Crippen molar-refractivity contribution in [2.45, 2.75) is 49.5 Å². The molecule has 3 unspecified atom stereocenters. The summed E-state index contributed by atoms with van der Waals surface area (Å²) in [6.07, 6.45) is -12.9. The summed E-state index contributed by atoms with van der Waals surface area (Å²) >= 11 is 0. The van der Waals surface area contributed by atoms with Crippen molar-refractivity contribution in [2.24, 2.45) is 0 Å². The maximum absolute atomic E-state index is 13.8. The Hall–Kier alpha value is -0.453. The van der Waals surface area contributed by atoms with Gasteiger partial charge in [-0.1, -0.05) is 13.1 Å². The van der Waals surface area contributed by atoms with Gasteiger partial charge in [0.2, 0.25) is 6.17 Å². The van der Waals surface area contributed by atoms with Crippen LogP contribution in [0.25, 0.3) is 0 Å².